The van der Waals surface area contributed by atoms with Crippen LogP contribution < -0.4 is 10.2 Å². The van der Waals surface area contributed by atoms with Crippen molar-refractivity contribution in [3.8, 4) is 23.1 Å². The van der Waals surface area contributed by atoms with Crippen LogP contribution in [-0.2, 0) is 48.9 Å². The van der Waals surface area contributed by atoms with Crippen molar-refractivity contribution in [3.63, 3.8) is 0 Å². The van der Waals surface area contributed by atoms with Crippen LogP contribution in [0.15, 0.2) is 97.1 Å². The maximum atomic E-state index is 12.7. The Kier molecular flexibility index (Phi) is 11.4. The van der Waals surface area contributed by atoms with E-state index in [0.717, 1.165) is 105 Å². The highest BCUT2D eigenvalue weighted by Gasteiger charge is 2.30. The molecule has 1 aliphatic carbocycles. The molecule has 284 valence electrons. The van der Waals surface area contributed by atoms with Crippen molar-refractivity contribution in [3.05, 3.63) is 141 Å². The molecule has 1 atom stereocenters. The number of aryl methyl sites for hydroxylation is 2. The molecule has 55 heavy (non-hydrogen) atoms. The van der Waals surface area contributed by atoms with E-state index in [1.165, 1.54) is 28.6 Å². The number of nitrogens with one attached hydrogen (secondary N) is 1. The summed E-state index contributed by atoms with van der Waals surface area (Å²) in [5.41, 5.74) is 10.9. The first-order chi connectivity index (χ1) is 26.8. The maximum Gasteiger partial charge on any atom is 0.211 e. The highest BCUT2D eigenvalue weighted by molar-refractivity contribution is 7.88. The lowest BCUT2D eigenvalue weighted by Gasteiger charge is -2.36. The van der Waals surface area contributed by atoms with Gasteiger partial charge in [-0.05, 0) is 78.8 Å². The van der Waals surface area contributed by atoms with Crippen molar-refractivity contribution in [2.45, 2.75) is 57.8 Å². The summed E-state index contributed by atoms with van der Waals surface area (Å²) in [6.45, 7) is 7.48. The van der Waals surface area contributed by atoms with E-state index in [1.807, 2.05) is 18.2 Å². The molecular formula is C45H49ClN6O2S. The number of piperazine rings is 1. The van der Waals surface area contributed by atoms with Gasteiger partial charge in [-0.1, -0.05) is 84.1 Å². The highest BCUT2D eigenvalue weighted by Crippen LogP contribution is 2.33. The molecule has 8 rings (SSSR count). The first-order valence-electron chi connectivity index (χ1n) is 19.5. The maximum absolute atomic E-state index is 12.7. The Bertz CT molecular complexity index is 2290. The van der Waals surface area contributed by atoms with Gasteiger partial charge in [0.15, 0.2) is 0 Å². The first-order valence-corrected chi connectivity index (χ1v) is 21.8. The number of hydrogen-bond acceptors (Lipinski definition) is 6. The van der Waals surface area contributed by atoms with Gasteiger partial charge in [-0.15, -0.1) is 0 Å². The zero-order valence-corrected chi connectivity index (χ0v) is 33.1. The van der Waals surface area contributed by atoms with Gasteiger partial charge >= 0.3 is 0 Å². The van der Waals surface area contributed by atoms with Gasteiger partial charge in [0.05, 0.1) is 17.0 Å². The first kappa shape index (κ1) is 37.5. The lowest BCUT2D eigenvalue weighted by molar-refractivity contribution is 0.248. The van der Waals surface area contributed by atoms with Crippen molar-refractivity contribution in [2.24, 2.45) is 0 Å². The second-order valence-electron chi connectivity index (χ2n) is 15.1. The van der Waals surface area contributed by atoms with Crippen LogP contribution in [0.4, 0.5) is 5.69 Å². The Morgan fingerprint density at radius 3 is 2.38 bits per heavy atom. The van der Waals surface area contributed by atoms with Crippen LogP contribution in [0.3, 0.4) is 0 Å². The standard InChI is InChI=1S/C45H49ClN6O2S/c1-55(53,54)51-25-22-44-42(33-51)45(48-52(44)24-7-23-49-26-28-50(29-27-49)41-10-3-2-4-11-41)39-19-21-43(46)38(30-39)17-16-34-12-14-35(15-13-34)32-47-40-20-18-36-8-5-6-9-37(36)31-40/h2-6,8-15,19,21,30,40,47H,7,18,20,22-29,31-33H2,1H3/t40-/m1/s1. The number of hydrogen-bond donors (Lipinski definition) is 1. The van der Waals surface area contributed by atoms with Crippen molar-refractivity contribution in [1.82, 2.24) is 24.3 Å². The summed E-state index contributed by atoms with van der Waals surface area (Å²) in [6, 6.07) is 34.2. The average molecular weight is 773 g/mol. The van der Waals surface area contributed by atoms with Crippen molar-refractivity contribution < 1.29 is 8.42 Å². The van der Waals surface area contributed by atoms with Gasteiger partial charge in [-0.3, -0.25) is 9.58 Å². The molecule has 4 aromatic carbocycles. The number of nitrogens with zero attached hydrogens (tertiary/aromatic N) is 5. The lowest BCUT2D eigenvalue weighted by atomic mass is 9.88. The summed E-state index contributed by atoms with van der Waals surface area (Å²) in [5, 5.41) is 9.47. The summed E-state index contributed by atoms with van der Waals surface area (Å²) >= 11 is 6.71. The van der Waals surface area contributed by atoms with Gasteiger partial charge in [-0.2, -0.15) is 9.40 Å². The zero-order valence-electron chi connectivity index (χ0n) is 31.6. The molecular weight excluding hydrogens is 724 g/mol. The van der Waals surface area contributed by atoms with Gasteiger partial charge in [0.1, 0.15) is 0 Å². The van der Waals surface area contributed by atoms with E-state index < -0.39 is 10.0 Å². The number of anilines is 1. The molecule has 10 heteroatoms. The third-order valence-corrected chi connectivity index (χ3v) is 13.0. The number of fused-ring (bicyclic) bond motifs is 2. The highest BCUT2D eigenvalue weighted by atomic mass is 35.5. The summed E-state index contributed by atoms with van der Waals surface area (Å²) in [6.07, 6.45) is 6.25. The molecule has 1 saturated heterocycles. The molecule has 8 nitrogen and oxygen atoms in total. The van der Waals surface area contributed by atoms with Crippen LogP contribution in [-0.4, -0.2) is 79.0 Å². The van der Waals surface area contributed by atoms with Crippen LogP contribution in [0.5, 0.6) is 0 Å². The summed E-state index contributed by atoms with van der Waals surface area (Å²) in [4.78, 5) is 4.99. The van der Waals surface area contributed by atoms with Crippen LogP contribution in [0.25, 0.3) is 11.3 Å². The Balaban J connectivity index is 0.937. The molecule has 0 spiro atoms. The average Bonchev–Trinajstić information content (AvgIpc) is 3.58. The fourth-order valence-corrected chi connectivity index (χ4v) is 9.18. The number of aromatic nitrogens is 2. The third-order valence-electron chi connectivity index (χ3n) is 11.4. The monoisotopic (exact) mass is 772 g/mol. The minimum absolute atomic E-state index is 0.309. The van der Waals surface area contributed by atoms with Crippen molar-refractivity contribution >= 4 is 27.3 Å². The quantitative estimate of drug-likeness (QED) is 0.158. The Morgan fingerprint density at radius 1 is 0.836 bits per heavy atom. The molecule has 2 aliphatic heterocycles. The number of benzene rings is 4. The Hall–Kier alpha value is -4.43. The van der Waals surface area contributed by atoms with Gasteiger partial charge in [0, 0.05) is 105 Å². The molecule has 3 aliphatic rings. The van der Waals surface area contributed by atoms with Gasteiger partial charge in [0.25, 0.3) is 0 Å². The van der Waals surface area contributed by atoms with E-state index in [9.17, 15) is 8.42 Å². The summed E-state index contributed by atoms with van der Waals surface area (Å²) in [5.74, 6) is 6.62. The third kappa shape index (κ3) is 9.01. The molecule has 0 amide bonds. The molecule has 0 radical (unpaired) electrons. The predicted octanol–water partition coefficient (Wildman–Crippen LogP) is 6.78. The van der Waals surface area contributed by atoms with Crippen LogP contribution in [0.1, 0.15) is 51.9 Å². The van der Waals surface area contributed by atoms with E-state index in [2.05, 4.69) is 111 Å². The van der Waals surface area contributed by atoms with Gasteiger partial charge in [0.2, 0.25) is 10.0 Å². The normalized spacial score (nSPS) is 17.6. The molecule has 5 aromatic rings. The molecule has 3 heterocycles. The smallest absolute Gasteiger partial charge is 0.211 e. The fraction of sp³-hybridized carbons (Fsp3) is 0.356. The summed E-state index contributed by atoms with van der Waals surface area (Å²) in [7, 11) is -3.35. The van der Waals surface area contributed by atoms with E-state index >= 15 is 0 Å². The minimum atomic E-state index is -3.35. The molecule has 0 bridgehead atoms. The summed E-state index contributed by atoms with van der Waals surface area (Å²) < 4.78 is 29.0. The number of para-hydroxylation sites is 1. The Morgan fingerprint density at radius 2 is 1.60 bits per heavy atom. The van der Waals surface area contributed by atoms with Crippen molar-refractivity contribution in [1.29, 1.82) is 0 Å². The fourth-order valence-electron chi connectivity index (χ4n) is 8.23. The largest absolute Gasteiger partial charge is 0.369 e. The minimum Gasteiger partial charge on any atom is -0.369 e. The van der Waals surface area contributed by atoms with E-state index in [0.29, 0.717) is 30.6 Å². The van der Waals surface area contributed by atoms with Crippen LogP contribution >= 0.6 is 11.6 Å². The molecule has 0 unspecified atom stereocenters. The molecule has 0 saturated carbocycles. The Labute approximate surface area is 331 Å². The second kappa shape index (κ2) is 16.7. The predicted molar refractivity (Wildman–Crippen MR) is 223 cm³/mol. The topological polar surface area (TPSA) is 73.7 Å². The SMILES string of the molecule is CS(=O)(=O)N1CCc2c(c(-c3ccc(Cl)c(C#Cc4ccc(CN[C@@H]5CCc6ccccc6C5)cc4)c3)nn2CCCN2CCN(c3ccccc3)CC2)C1. The van der Waals surface area contributed by atoms with E-state index in [4.69, 9.17) is 16.7 Å². The number of halogens is 1. The van der Waals surface area contributed by atoms with E-state index in [1.54, 1.807) is 4.31 Å². The number of rotatable bonds is 10. The van der Waals surface area contributed by atoms with Gasteiger partial charge in [-0.25, -0.2) is 8.42 Å². The number of sulfonamides is 1. The van der Waals surface area contributed by atoms with Crippen LogP contribution in [0.2, 0.25) is 5.02 Å². The van der Waals surface area contributed by atoms with Crippen molar-refractivity contribution in [2.75, 3.05) is 50.4 Å². The molecule has 1 N–H and O–H groups in total. The van der Waals surface area contributed by atoms with Gasteiger partial charge < -0.3 is 10.2 Å². The zero-order chi connectivity index (χ0) is 37.8. The molecule has 1 fully saturated rings. The lowest BCUT2D eigenvalue weighted by Crippen LogP contribution is -2.46. The molecule has 1 aromatic heterocycles. The van der Waals surface area contributed by atoms with E-state index in [-0.39, 0.29) is 0 Å². The second-order valence-corrected chi connectivity index (χ2v) is 17.5. The van der Waals surface area contributed by atoms with Crippen LogP contribution in [0, 0.1) is 11.8 Å².